The van der Waals surface area contributed by atoms with Crippen molar-refractivity contribution in [1.82, 2.24) is 0 Å². The molecule has 0 heterocycles. The molecule has 0 N–H and O–H groups in total. The Morgan fingerprint density at radius 3 is 1.32 bits per heavy atom. The van der Waals surface area contributed by atoms with Gasteiger partial charge < -0.3 is 4.55 Å². The van der Waals surface area contributed by atoms with Crippen LogP contribution in [0.1, 0.15) is 34.6 Å². The molecule has 19 heavy (non-hydrogen) atoms. The molecule has 1 aliphatic carbocycles. The maximum atomic E-state index is 10.7. The van der Waals surface area contributed by atoms with E-state index in [1.807, 2.05) is 0 Å². The molecule has 0 saturated heterocycles. The molecule has 0 saturated carbocycles. The maximum Gasteiger partial charge on any atom is 0.485 e. The van der Waals surface area contributed by atoms with Crippen LogP contribution in [0.25, 0.3) is 0 Å². The van der Waals surface area contributed by atoms with Gasteiger partial charge in [-0.05, 0) is 0 Å². The zero-order valence-electron chi connectivity index (χ0n) is 11.1. The Hall–Kier alpha value is -0.197. The molecule has 0 unspecified atom stereocenters. The Balaban J connectivity index is 0.000000362. The summed E-state index contributed by atoms with van der Waals surface area (Å²) in [6, 6.07) is 0. The molecule has 0 aromatic heterocycles. The molecule has 3 nitrogen and oxygen atoms in total. The van der Waals surface area contributed by atoms with Crippen LogP contribution in [0.2, 0.25) is 4.01 Å². The molecule has 0 radical (unpaired) electrons. The summed E-state index contributed by atoms with van der Waals surface area (Å²) < 4.78 is 59.1. The van der Waals surface area contributed by atoms with Crippen LogP contribution in [0.3, 0.4) is 0 Å². The van der Waals surface area contributed by atoms with Crippen molar-refractivity contribution in [2.45, 2.75) is 44.1 Å². The van der Waals surface area contributed by atoms with Crippen LogP contribution in [0, 0.1) is 0 Å². The second-order valence-corrected chi connectivity index (χ2v) is 7.49. The van der Waals surface area contributed by atoms with Gasteiger partial charge in [-0.25, -0.2) is 8.42 Å². The molecule has 0 fully saturated rings. The van der Waals surface area contributed by atoms with Crippen molar-refractivity contribution in [2.24, 2.45) is 0 Å². The Morgan fingerprint density at radius 1 is 1.05 bits per heavy atom. The number of rotatable bonds is 0. The van der Waals surface area contributed by atoms with E-state index in [0.717, 1.165) is 0 Å². The number of hydrogen-bond donors (Lipinski definition) is 0. The second kappa shape index (κ2) is 5.66. The third-order valence-electron chi connectivity index (χ3n) is 3.36. The van der Waals surface area contributed by atoms with Crippen molar-refractivity contribution in [1.29, 1.82) is 0 Å². The minimum Gasteiger partial charge on any atom is -0.741 e. The number of alkyl halides is 3. The average molecular weight is 385 g/mol. The van der Waals surface area contributed by atoms with E-state index in [4.69, 9.17) is 13.0 Å². The predicted molar refractivity (Wildman–Crippen MR) is 60.9 cm³/mol. The summed E-state index contributed by atoms with van der Waals surface area (Å²) in [6.07, 6.45) is 0. The van der Waals surface area contributed by atoms with Crippen LogP contribution in [0.5, 0.6) is 0 Å². The zero-order chi connectivity index (χ0) is 15.8. The van der Waals surface area contributed by atoms with E-state index in [1.165, 1.54) is 22.3 Å². The third-order valence-corrected chi connectivity index (χ3v) is 5.23. The van der Waals surface area contributed by atoms with Gasteiger partial charge in [-0.2, -0.15) is 13.2 Å². The van der Waals surface area contributed by atoms with Crippen molar-refractivity contribution in [3.05, 3.63) is 22.3 Å². The van der Waals surface area contributed by atoms with E-state index in [2.05, 4.69) is 52.9 Å². The molecule has 0 aromatic carbocycles. The molecule has 1 aliphatic rings. The van der Waals surface area contributed by atoms with E-state index in [1.54, 1.807) is 0 Å². The molecule has 0 atom stereocenters. The Labute approximate surface area is 121 Å². The number of halogens is 3. The SMILES string of the molecule is CC1=C(C)[C](C)([Ru+])C(C)=C1C.O=S(=O)([O-])C(F)(F)F. The molecule has 1 rings (SSSR count). The fraction of sp³-hybridized carbons (Fsp3) is 0.636. The summed E-state index contributed by atoms with van der Waals surface area (Å²) >= 11 is 2.84. The summed E-state index contributed by atoms with van der Waals surface area (Å²) in [5, 5.41) is 0. The molecular weight excluding hydrogens is 370 g/mol. The summed E-state index contributed by atoms with van der Waals surface area (Å²) in [5.74, 6) is 0. The molecule has 0 aromatic rings. The van der Waals surface area contributed by atoms with E-state index in [-0.39, 0.29) is 4.01 Å². The first-order chi connectivity index (χ1) is 8.14. The fourth-order valence-corrected chi connectivity index (χ4v) is 2.19. The van der Waals surface area contributed by atoms with E-state index < -0.39 is 15.6 Å². The average Bonchev–Trinajstić information content (AvgIpc) is 2.33. The van der Waals surface area contributed by atoms with Gasteiger partial charge in [0.25, 0.3) is 0 Å². The quantitative estimate of drug-likeness (QED) is 0.365. The van der Waals surface area contributed by atoms with Gasteiger partial charge in [0, 0.05) is 0 Å². The van der Waals surface area contributed by atoms with Crippen LogP contribution in [0.15, 0.2) is 22.3 Å². The fourth-order valence-electron chi connectivity index (χ4n) is 1.54. The van der Waals surface area contributed by atoms with Crippen molar-refractivity contribution in [3.8, 4) is 0 Å². The number of hydrogen-bond acceptors (Lipinski definition) is 3. The van der Waals surface area contributed by atoms with Crippen LogP contribution >= 0.6 is 0 Å². The monoisotopic (exact) mass is 386 g/mol. The largest absolute Gasteiger partial charge is 0.741 e. The van der Waals surface area contributed by atoms with Gasteiger partial charge in [-0.3, -0.25) is 0 Å². The molecule has 0 bridgehead atoms. The van der Waals surface area contributed by atoms with Crippen LogP contribution in [0.4, 0.5) is 13.2 Å². The van der Waals surface area contributed by atoms with Gasteiger partial charge in [0.05, 0.1) is 0 Å². The van der Waals surface area contributed by atoms with Crippen molar-refractivity contribution >= 4 is 10.1 Å². The first kappa shape index (κ1) is 18.8. The van der Waals surface area contributed by atoms with Crippen molar-refractivity contribution < 1.29 is 44.4 Å². The smallest absolute Gasteiger partial charge is 0.485 e. The van der Waals surface area contributed by atoms with Gasteiger partial charge in [-0.1, -0.05) is 0 Å². The number of allylic oxidation sites excluding steroid dienone is 4. The van der Waals surface area contributed by atoms with Gasteiger partial charge in [0.1, 0.15) is 0 Å². The summed E-state index contributed by atoms with van der Waals surface area (Å²) in [7, 11) is -6.09. The zero-order valence-corrected chi connectivity index (χ0v) is 13.7. The van der Waals surface area contributed by atoms with Gasteiger partial charge in [-0.15, -0.1) is 0 Å². The van der Waals surface area contributed by atoms with Gasteiger partial charge in [0.15, 0.2) is 10.1 Å². The predicted octanol–water partition coefficient (Wildman–Crippen LogP) is 3.45. The van der Waals surface area contributed by atoms with Gasteiger partial charge in [0.2, 0.25) is 0 Å². The third kappa shape index (κ3) is 4.13. The van der Waals surface area contributed by atoms with E-state index >= 15 is 0 Å². The standard InChI is InChI=1S/C10H15.CHF3O3S.Ru/c1-6-7(2)9(4)10(5)8(6)3;2-1(3,4)8(5,6)7;/h1-5H3;(H,5,6,7);/q;;+1/p-1. The van der Waals surface area contributed by atoms with E-state index in [9.17, 15) is 13.2 Å². The normalized spacial score (nSPS) is 19.5. The summed E-state index contributed by atoms with van der Waals surface area (Å²) in [5.41, 5.74) is 0.313. The Bertz CT molecular complexity index is 502. The summed E-state index contributed by atoms with van der Waals surface area (Å²) in [6.45, 7) is 11.2. The molecule has 0 spiro atoms. The van der Waals surface area contributed by atoms with E-state index in [0.29, 0.717) is 0 Å². The Kier molecular flexibility index (Phi) is 5.60. The van der Waals surface area contributed by atoms with Crippen molar-refractivity contribution in [2.75, 3.05) is 0 Å². The summed E-state index contributed by atoms with van der Waals surface area (Å²) in [4.78, 5) is 0. The first-order valence-corrected chi connectivity index (χ1v) is 7.48. The molecule has 0 aliphatic heterocycles. The van der Waals surface area contributed by atoms with Crippen LogP contribution in [-0.2, 0) is 28.4 Å². The molecular formula is C11H15F3O3RuS. The molecule has 0 amide bonds. The van der Waals surface area contributed by atoms with Crippen molar-refractivity contribution in [3.63, 3.8) is 0 Å². The first-order valence-electron chi connectivity index (χ1n) is 5.20. The second-order valence-electron chi connectivity index (χ2n) is 4.38. The van der Waals surface area contributed by atoms with Crippen LogP contribution < -0.4 is 0 Å². The molecule has 112 valence electrons. The van der Waals surface area contributed by atoms with Gasteiger partial charge >= 0.3 is 84.7 Å². The minimum absolute atomic E-state index is 0.244. The molecule has 8 heteroatoms. The topological polar surface area (TPSA) is 57.2 Å². The maximum absolute atomic E-state index is 10.7. The van der Waals surface area contributed by atoms with Crippen LogP contribution in [-0.4, -0.2) is 18.5 Å². The Morgan fingerprint density at radius 2 is 1.26 bits per heavy atom. The minimum atomic E-state index is -6.09.